The summed E-state index contributed by atoms with van der Waals surface area (Å²) in [5.74, 6) is 0. The lowest BCUT2D eigenvalue weighted by molar-refractivity contribution is 0.526. The quantitative estimate of drug-likeness (QED) is 0.818. The van der Waals surface area contributed by atoms with E-state index in [1.165, 1.54) is 25.4 Å². The lowest BCUT2D eigenvalue weighted by Crippen LogP contribution is -2.28. The zero-order valence-corrected chi connectivity index (χ0v) is 11.3. The highest BCUT2D eigenvalue weighted by Crippen LogP contribution is 2.21. The summed E-state index contributed by atoms with van der Waals surface area (Å²) in [5.41, 5.74) is 0.823. The molecule has 6 nitrogen and oxygen atoms in total. The highest BCUT2D eigenvalue weighted by molar-refractivity contribution is 7.90. The Morgan fingerprint density at radius 1 is 1.50 bits per heavy atom. The lowest BCUT2D eigenvalue weighted by atomic mass is 10.3. The molecule has 1 aromatic heterocycles. The van der Waals surface area contributed by atoms with E-state index in [-0.39, 0.29) is 6.04 Å². The van der Waals surface area contributed by atoms with E-state index in [1.54, 1.807) is 0 Å². The van der Waals surface area contributed by atoms with Crippen molar-refractivity contribution in [3.63, 3.8) is 0 Å². The normalized spacial score (nSPS) is 14.1. The molecule has 1 unspecified atom stereocenters. The van der Waals surface area contributed by atoms with Gasteiger partial charge in [-0.25, -0.2) is 9.71 Å². The zero-order valence-electron chi connectivity index (χ0n) is 9.68. The largest absolute Gasteiger partial charge is 0.312 e. The molecule has 1 atom stereocenters. The number of rotatable bonds is 5. The first-order valence-electron chi connectivity index (χ1n) is 4.69. The van der Waals surface area contributed by atoms with E-state index in [1.807, 2.05) is 19.4 Å². The Morgan fingerprint density at radius 3 is 2.62 bits per heavy atom. The minimum absolute atomic E-state index is 0.105. The number of nitrogens with zero attached hydrogens (tertiary/aromatic N) is 2. The molecule has 8 heteroatoms. The monoisotopic (exact) mass is 264 g/mol. The van der Waals surface area contributed by atoms with Crippen LogP contribution < -0.4 is 10.0 Å². The summed E-state index contributed by atoms with van der Waals surface area (Å²) in [6.07, 6.45) is 0. The maximum absolute atomic E-state index is 11.5. The van der Waals surface area contributed by atoms with Crippen LogP contribution in [0, 0.1) is 0 Å². The number of nitrogens with one attached hydrogen (secondary N) is 2. The highest BCUT2D eigenvalue weighted by atomic mass is 32.2. The summed E-state index contributed by atoms with van der Waals surface area (Å²) in [5, 5.41) is 5.25. The molecule has 0 aliphatic rings. The van der Waals surface area contributed by atoms with Crippen LogP contribution in [0.15, 0.2) is 5.38 Å². The van der Waals surface area contributed by atoms with Gasteiger partial charge in [0.1, 0.15) is 0 Å². The average molecular weight is 264 g/mol. The molecule has 0 bridgehead atoms. The van der Waals surface area contributed by atoms with E-state index in [0.717, 1.165) is 10.00 Å². The molecular weight excluding hydrogens is 248 g/mol. The van der Waals surface area contributed by atoms with Crippen molar-refractivity contribution in [3.8, 4) is 0 Å². The van der Waals surface area contributed by atoms with Gasteiger partial charge in [0.15, 0.2) is 5.13 Å². The number of hydrogen-bond acceptors (Lipinski definition) is 5. The molecule has 0 amide bonds. The Hall–Kier alpha value is -0.700. The first-order valence-corrected chi connectivity index (χ1v) is 7.01. The average Bonchev–Trinajstić information content (AvgIpc) is 2.64. The van der Waals surface area contributed by atoms with Gasteiger partial charge in [0.2, 0.25) is 0 Å². The summed E-state index contributed by atoms with van der Waals surface area (Å²) in [7, 11) is 1.30. The highest BCUT2D eigenvalue weighted by Gasteiger charge is 2.16. The van der Waals surface area contributed by atoms with E-state index in [2.05, 4.69) is 15.0 Å². The van der Waals surface area contributed by atoms with Gasteiger partial charge in [-0.05, 0) is 14.0 Å². The standard InChI is InChI=1S/C8H16N4O2S2/c1-6(9-2)7-5-15-8(10-7)11-16(13,14)12(3)4/h5-6,9H,1-4H3,(H,10,11). The number of hydrogen-bond donors (Lipinski definition) is 2. The number of thiazole rings is 1. The fourth-order valence-electron chi connectivity index (χ4n) is 0.881. The molecule has 0 radical (unpaired) electrons. The Labute approximate surface area is 99.9 Å². The van der Waals surface area contributed by atoms with Crippen LogP contribution in [0.2, 0.25) is 0 Å². The van der Waals surface area contributed by atoms with Gasteiger partial charge < -0.3 is 5.32 Å². The van der Waals surface area contributed by atoms with Crippen molar-refractivity contribution in [1.29, 1.82) is 0 Å². The first-order chi connectivity index (χ1) is 7.36. The van der Waals surface area contributed by atoms with E-state index < -0.39 is 10.2 Å². The van der Waals surface area contributed by atoms with E-state index in [4.69, 9.17) is 0 Å². The van der Waals surface area contributed by atoms with Crippen LogP contribution in [0.4, 0.5) is 5.13 Å². The predicted molar refractivity (Wildman–Crippen MR) is 65.8 cm³/mol. The van der Waals surface area contributed by atoms with Crippen molar-refractivity contribution < 1.29 is 8.42 Å². The fraction of sp³-hybridized carbons (Fsp3) is 0.625. The van der Waals surface area contributed by atoms with Crippen molar-refractivity contribution in [2.75, 3.05) is 25.9 Å². The molecule has 92 valence electrons. The van der Waals surface area contributed by atoms with Gasteiger partial charge in [-0.3, -0.25) is 0 Å². The number of anilines is 1. The third-order valence-corrected chi connectivity index (χ3v) is 4.41. The van der Waals surface area contributed by atoms with Gasteiger partial charge in [-0.1, -0.05) is 0 Å². The number of aromatic nitrogens is 1. The van der Waals surface area contributed by atoms with Crippen molar-refractivity contribution >= 4 is 26.7 Å². The minimum Gasteiger partial charge on any atom is -0.312 e. The second-order valence-corrected chi connectivity index (χ2v) is 6.22. The predicted octanol–water partition coefficient (Wildman–Crippen LogP) is 0.642. The summed E-state index contributed by atoms with van der Waals surface area (Å²) < 4.78 is 26.5. The molecule has 0 aliphatic carbocycles. The van der Waals surface area contributed by atoms with Crippen molar-refractivity contribution in [2.24, 2.45) is 0 Å². The molecule has 0 saturated heterocycles. The van der Waals surface area contributed by atoms with Crippen molar-refractivity contribution in [3.05, 3.63) is 11.1 Å². The van der Waals surface area contributed by atoms with Gasteiger partial charge in [-0.2, -0.15) is 12.7 Å². The summed E-state index contributed by atoms with van der Waals surface area (Å²) >= 11 is 1.27. The topological polar surface area (TPSA) is 74.3 Å². The lowest BCUT2D eigenvalue weighted by Gasteiger charge is -2.11. The van der Waals surface area contributed by atoms with Gasteiger partial charge in [0, 0.05) is 25.5 Å². The second-order valence-electron chi connectivity index (χ2n) is 3.48. The van der Waals surface area contributed by atoms with Gasteiger partial charge in [0.25, 0.3) is 0 Å². The van der Waals surface area contributed by atoms with Crippen molar-refractivity contribution in [2.45, 2.75) is 13.0 Å². The van der Waals surface area contributed by atoms with E-state index in [9.17, 15) is 8.42 Å². The molecule has 0 spiro atoms. The Bertz CT molecular complexity index is 441. The smallest absolute Gasteiger partial charge is 0.302 e. The first kappa shape index (κ1) is 13.4. The molecule has 1 rings (SSSR count). The fourth-order valence-corrected chi connectivity index (χ4v) is 2.49. The van der Waals surface area contributed by atoms with Crippen LogP contribution in [-0.4, -0.2) is 38.9 Å². The van der Waals surface area contributed by atoms with E-state index >= 15 is 0 Å². The maximum atomic E-state index is 11.5. The Balaban J connectivity index is 2.81. The molecule has 1 heterocycles. The zero-order chi connectivity index (χ0) is 12.3. The minimum atomic E-state index is -3.46. The van der Waals surface area contributed by atoms with Gasteiger partial charge in [0.05, 0.1) is 5.69 Å². The Kier molecular flexibility index (Phi) is 4.25. The molecule has 16 heavy (non-hydrogen) atoms. The molecular formula is C8H16N4O2S2. The van der Waals surface area contributed by atoms with Gasteiger partial charge in [-0.15, -0.1) is 11.3 Å². The molecule has 1 aromatic rings. The molecule has 0 fully saturated rings. The van der Waals surface area contributed by atoms with Crippen LogP contribution in [-0.2, 0) is 10.2 Å². The van der Waals surface area contributed by atoms with E-state index in [0.29, 0.717) is 5.13 Å². The third kappa shape index (κ3) is 3.14. The van der Waals surface area contributed by atoms with Crippen molar-refractivity contribution in [1.82, 2.24) is 14.6 Å². The summed E-state index contributed by atoms with van der Waals surface area (Å²) in [4.78, 5) is 4.19. The third-order valence-electron chi connectivity index (χ3n) is 2.10. The van der Waals surface area contributed by atoms with Crippen LogP contribution in [0.1, 0.15) is 18.7 Å². The van der Waals surface area contributed by atoms with Crippen LogP contribution in [0.3, 0.4) is 0 Å². The maximum Gasteiger partial charge on any atom is 0.302 e. The molecule has 0 aliphatic heterocycles. The summed E-state index contributed by atoms with van der Waals surface area (Å²) in [6.45, 7) is 1.96. The van der Waals surface area contributed by atoms with Gasteiger partial charge >= 0.3 is 10.2 Å². The second kappa shape index (κ2) is 5.09. The summed E-state index contributed by atoms with van der Waals surface area (Å²) in [6, 6.07) is 0.105. The molecule has 0 saturated carbocycles. The Morgan fingerprint density at radius 2 is 2.12 bits per heavy atom. The van der Waals surface area contributed by atoms with Crippen LogP contribution >= 0.6 is 11.3 Å². The van der Waals surface area contributed by atoms with Crippen LogP contribution in [0.5, 0.6) is 0 Å². The SMILES string of the molecule is CNC(C)c1csc(NS(=O)(=O)N(C)C)n1. The molecule has 2 N–H and O–H groups in total. The molecule has 0 aromatic carbocycles. The van der Waals surface area contributed by atoms with Crippen LogP contribution in [0.25, 0.3) is 0 Å².